The summed E-state index contributed by atoms with van der Waals surface area (Å²) in [7, 11) is 0. The summed E-state index contributed by atoms with van der Waals surface area (Å²) in [6, 6.07) is 8.53. The van der Waals surface area contributed by atoms with Crippen LogP contribution in [-0.4, -0.2) is 22.8 Å². The summed E-state index contributed by atoms with van der Waals surface area (Å²) >= 11 is 1.26. The molecule has 23 heavy (non-hydrogen) atoms. The fourth-order valence-corrected chi connectivity index (χ4v) is 2.45. The predicted molar refractivity (Wildman–Crippen MR) is 84.1 cm³/mol. The zero-order valence-corrected chi connectivity index (χ0v) is 13.0. The smallest absolute Gasteiger partial charge is 0.328 e. The Balaban J connectivity index is 1.92. The molecule has 2 aromatic rings. The zero-order chi connectivity index (χ0) is 16.8. The van der Waals surface area contributed by atoms with Crippen molar-refractivity contribution in [2.24, 2.45) is 0 Å². The van der Waals surface area contributed by atoms with Gasteiger partial charge in [-0.1, -0.05) is 18.2 Å². The summed E-state index contributed by atoms with van der Waals surface area (Å²) in [4.78, 5) is 34.6. The fraction of sp³-hybridized carbons (Fsp3) is 0.200. The van der Waals surface area contributed by atoms with Crippen LogP contribution in [0.2, 0.25) is 0 Å². The average molecular weight is 334 g/mol. The van der Waals surface area contributed by atoms with Crippen molar-refractivity contribution >= 4 is 28.9 Å². The number of para-hydroxylation sites is 1. The Labute approximate surface area is 136 Å². The summed E-state index contributed by atoms with van der Waals surface area (Å²) in [6.45, 7) is 1.27. The van der Waals surface area contributed by atoms with E-state index in [0.29, 0.717) is 10.4 Å². The number of ether oxygens (including phenoxy) is 1. The third-order valence-corrected chi connectivity index (χ3v) is 3.87. The van der Waals surface area contributed by atoms with Crippen LogP contribution in [0.1, 0.15) is 22.2 Å². The molecule has 2 rings (SSSR count). The molecule has 1 N–H and O–H groups in total. The molecule has 1 heterocycles. The Bertz CT molecular complexity index is 714. The van der Waals surface area contributed by atoms with Gasteiger partial charge >= 0.3 is 5.97 Å². The van der Waals surface area contributed by atoms with Crippen molar-refractivity contribution in [1.29, 1.82) is 0 Å². The lowest BCUT2D eigenvalue weighted by atomic mass is 10.2. The molecule has 0 fully saturated rings. The highest BCUT2D eigenvalue weighted by Crippen LogP contribution is 2.18. The number of nitro benzene ring substituents is 1. The van der Waals surface area contributed by atoms with Crippen LogP contribution >= 0.6 is 11.3 Å². The molecule has 0 saturated heterocycles. The minimum atomic E-state index is -0.854. The Morgan fingerprint density at radius 3 is 2.70 bits per heavy atom. The Morgan fingerprint density at radius 2 is 2.04 bits per heavy atom. The lowest BCUT2D eigenvalue weighted by Gasteiger charge is -2.13. The van der Waals surface area contributed by atoms with E-state index in [1.54, 1.807) is 23.6 Å². The van der Waals surface area contributed by atoms with E-state index in [1.807, 2.05) is 0 Å². The van der Waals surface area contributed by atoms with Gasteiger partial charge in [0, 0.05) is 6.07 Å². The van der Waals surface area contributed by atoms with E-state index in [4.69, 9.17) is 4.74 Å². The number of nitro groups is 1. The van der Waals surface area contributed by atoms with Gasteiger partial charge in [-0.05, 0) is 24.4 Å². The molecule has 0 unspecified atom stereocenters. The van der Waals surface area contributed by atoms with Gasteiger partial charge in [-0.15, -0.1) is 11.3 Å². The standard InChI is InChI=1S/C15H14N2O5S/c1-10(16-14(18)13-7-4-8-23-13)15(19)22-9-11-5-2-3-6-12(11)17(20)21/h2-8,10H,9H2,1H3,(H,16,18)/t10-/m1/s1. The van der Waals surface area contributed by atoms with Gasteiger partial charge in [-0.25, -0.2) is 4.79 Å². The van der Waals surface area contributed by atoms with Gasteiger partial charge < -0.3 is 10.1 Å². The molecule has 8 heteroatoms. The number of rotatable bonds is 6. The SMILES string of the molecule is C[C@@H](NC(=O)c1cccs1)C(=O)OCc1ccccc1[N+](=O)[O-]. The maximum Gasteiger partial charge on any atom is 0.328 e. The first-order chi connectivity index (χ1) is 11.0. The minimum absolute atomic E-state index is 0.115. The first kappa shape index (κ1) is 16.6. The Hall–Kier alpha value is -2.74. The van der Waals surface area contributed by atoms with Gasteiger partial charge in [-0.2, -0.15) is 0 Å². The quantitative estimate of drug-likeness (QED) is 0.497. The number of benzene rings is 1. The van der Waals surface area contributed by atoms with Crippen LogP contribution in [0.4, 0.5) is 5.69 Å². The van der Waals surface area contributed by atoms with Crippen molar-refractivity contribution in [3.05, 3.63) is 62.3 Å². The summed E-state index contributed by atoms with van der Waals surface area (Å²) in [5.41, 5.74) is 0.179. The number of thiophene rings is 1. The number of carbonyl (C=O) groups is 2. The normalized spacial score (nSPS) is 11.5. The molecule has 1 aromatic heterocycles. The van der Waals surface area contributed by atoms with Crippen LogP contribution in [0, 0.1) is 10.1 Å². The summed E-state index contributed by atoms with van der Waals surface area (Å²) in [6.07, 6.45) is 0. The van der Waals surface area contributed by atoms with Gasteiger partial charge in [0.15, 0.2) is 0 Å². The van der Waals surface area contributed by atoms with Crippen molar-refractivity contribution in [1.82, 2.24) is 5.32 Å². The topological polar surface area (TPSA) is 98.5 Å². The van der Waals surface area contributed by atoms with Gasteiger partial charge in [-0.3, -0.25) is 14.9 Å². The van der Waals surface area contributed by atoms with E-state index in [1.165, 1.54) is 36.5 Å². The lowest BCUT2D eigenvalue weighted by Crippen LogP contribution is -2.39. The van der Waals surface area contributed by atoms with E-state index in [-0.39, 0.29) is 18.2 Å². The molecular formula is C15H14N2O5S. The zero-order valence-electron chi connectivity index (χ0n) is 12.2. The molecule has 0 aliphatic heterocycles. The van der Waals surface area contributed by atoms with Gasteiger partial charge in [0.25, 0.3) is 11.6 Å². The van der Waals surface area contributed by atoms with Crippen molar-refractivity contribution in [3.63, 3.8) is 0 Å². The van der Waals surface area contributed by atoms with Gasteiger partial charge in [0.2, 0.25) is 0 Å². The van der Waals surface area contributed by atoms with Crippen LogP contribution in [0.15, 0.2) is 41.8 Å². The molecule has 1 atom stereocenters. The largest absolute Gasteiger partial charge is 0.459 e. The van der Waals surface area contributed by atoms with Crippen molar-refractivity contribution in [2.45, 2.75) is 19.6 Å². The summed E-state index contributed by atoms with van der Waals surface area (Å²) < 4.78 is 5.04. The highest BCUT2D eigenvalue weighted by Gasteiger charge is 2.20. The minimum Gasteiger partial charge on any atom is -0.459 e. The molecule has 1 aromatic carbocycles. The van der Waals surface area contributed by atoms with Crippen LogP contribution < -0.4 is 5.32 Å². The monoisotopic (exact) mass is 334 g/mol. The molecule has 0 spiro atoms. The van der Waals surface area contributed by atoms with E-state index in [2.05, 4.69) is 5.32 Å². The van der Waals surface area contributed by atoms with Crippen molar-refractivity contribution in [2.75, 3.05) is 0 Å². The Morgan fingerprint density at radius 1 is 1.30 bits per heavy atom. The van der Waals surface area contributed by atoms with Gasteiger partial charge in [0.1, 0.15) is 12.6 Å². The first-order valence-corrected chi connectivity index (χ1v) is 7.60. The summed E-state index contributed by atoms with van der Waals surface area (Å²) in [5.74, 6) is -1.02. The number of amides is 1. The first-order valence-electron chi connectivity index (χ1n) is 6.72. The maximum absolute atomic E-state index is 11.9. The molecule has 0 aliphatic rings. The molecule has 0 aliphatic carbocycles. The second-order valence-electron chi connectivity index (χ2n) is 4.67. The molecule has 7 nitrogen and oxygen atoms in total. The number of nitrogens with zero attached hydrogens (tertiary/aromatic N) is 1. The highest BCUT2D eigenvalue weighted by molar-refractivity contribution is 7.12. The van der Waals surface area contributed by atoms with E-state index in [9.17, 15) is 19.7 Å². The average Bonchev–Trinajstić information content (AvgIpc) is 3.07. The van der Waals surface area contributed by atoms with Crippen LogP contribution in [0.3, 0.4) is 0 Å². The summed E-state index contributed by atoms with van der Waals surface area (Å²) in [5, 5.41) is 15.2. The van der Waals surface area contributed by atoms with E-state index < -0.39 is 16.9 Å². The van der Waals surface area contributed by atoms with E-state index >= 15 is 0 Å². The second-order valence-corrected chi connectivity index (χ2v) is 5.61. The third kappa shape index (κ3) is 4.36. The second kappa shape index (κ2) is 7.50. The fourth-order valence-electron chi connectivity index (χ4n) is 1.82. The molecular weight excluding hydrogens is 320 g/mol. The Kier molecular flexibility index (Phi) is 5.42. The molecule has 1 amide bonds. The third-order valence-electron chi connectivity index (χ3n) is 3.00. The molecule has 0 radical (unpaired) electrons. The highest BCUT2D eigenvalue weighted by atomic mass is 32.1. The van der Waals surface area contributed by atoms with E-state index in [0.717, 1.165) is 0 Å². The molecule has 0 bridgehead atoms. The van der Waals surface area contributed by atoms with Crippen LogP contribution in [0.5, 0.6) is 0 Å². The number of hydrogen-bond donors (Lipinski definition) is 1. The van der Waals surface area contributed by atoms with Gasteiger partial charge in [0.05, 0.1) is 15.4 Å². The number of carbonyl (C=O) groups excluding carboxylic acids is 2. The lowest BCUT2D eigenvalue weighted by molar-refractivity contribution is -0.385. The van der Waals surface area contributed by atoms with Crippen molar-refractivity contribution in [3.8, 4) is 0 Å². The molecule has 120 valence electrons. The number of nitrogens with one attached hydrogen (secondary N) is 1. The predicted octanol–water partition coefficient (Wildman–Crippen LogP) is 2.52. The van der Waals surface area contributed by atoms with Crippen molar-refractivity contribution < 1.29 is 19.2 Å². The molecule has 0 saturated carbocycles. The van der Waals surface area contributed by atoms with Crippen LogP contribution in [-0.2, 0) is 16.1 Å². The number of esters is 1. The maximum atomic E-state index is 11.9. The van der Waals surface area contributed by atoms with Crippen LogP contribution in [0.25, 0.3) is 0 Å². The number of hydrogen-bond acceptors (Lipinski definition) is 6.